The third-order valence-corrected chi connectivity index (χ3v) is 5.72. The minimum absolute atomic E-state index is 0.0312. The third kappa shape index (κ3) is 5.79. The Morgan fingerprint density at radius 1 is 1.13 bits per heavy atom. The fourth-order valence-corrected chi connectivity index (χ4v) is 4.11. The van der Waals surface area contributed by atoms with Gasteiger partial charge >= 0.3 is 0 Å². The molecule has 23 heavy (non-hydrogen) atoms. The Morgan fingerprint density at radius 3 is 2.39 bits per heavy atom. The van der Waals surface area contributed by atoms with E-state index >= 15 is 0 Å². The van der Waals surface area contributed by atoms with Crippen molar-refractivity contribution in [3.8, 4) is 0 Å². The molecule has 0 unspecified atom stereocenters. The van der Waals surface area contributed by atoms with Crippen LogP contribution in [0.2, 0.25) is 0 Å². The zero-order chi connectivity index (χ0) is 16.7. The molecule has 0 heterocycles. The highest BCUT2D eigenvalue weighted by Crippen LogP contribution is 2.20. The number of carbonyl (C=O) groups excluding carboxylic acids is 1. The highest BCUT2D eigenvalue weighted by atomic mass is 35.5. The number of halogens is 1. The van der Waals surface area contributed by atoms with Crippen LogP contribution in [0.5, 0.6) is 0 Å². The second-order valence-corrected chi connectivity index (χ2v) is 7.91. The number of benzene rings is 1. The van der Waals surface area contributed by atoms with Gasteiger partial charge < -0.3 is 5.32 Å². The molecular weight excluding hydrogens is 336 g/mol. The van der Waals surface area contributed by atoms with Crippen molar-refractivity contribution in [1.82, 2.24) is 4.72 Å². The van der Waals surface area contributed by atoms with Crippen LogP contribution in [0.15, 0.2) is 29.2 Å². The first kappa shape index (κ1) is 18.2. The van der Waals surface area contributed by atoms with Crippen LogP contribution in [0, 0.1) is 0 Å². The van der Waals surface area contributed by atoms with Crippen molar-refractivity contribution in [2.75, 3.05) is 11.2 Å². The first-order valence-corrected chi connectivity index (χ1v) is 10.0. The number of hydrogen-bond acceptors (Lipinski definition) is 3. The standard InChI is InChI=1S/C16H23ClN2O3S/c17-12-4-7-16(20)18-13-8-10-15(11-9-13)23(21,22)19-14-5-2-1-3-6-14/h8-11,14,19H,1-7,12H2,(H,18,20). The molecule has 1 aromatic carbocycles. The number of hydrogen-bond donors (Lipinski definition) is 2. The lowest BCUT2D eigenvalue weighted by Crippen LogP contribution is -2.36. The molecule has 128 valence electrons. The first-order valence-electron chi connectivity index (χ1n) is 7.99. The van der Waals surface area contributed by atoms with E-state index < -0.39 is 10.0 Å². The van der Waals surface area contributed by atoms with Gasteiger partial charge in [0.15, 0.2) is 0 Å². The average molecular weight is 359 g/mol. The van der Waals surface area contributed by atoms with Crippen LogP contribution in [0.3, 0.4) is 0 Å². The molecule has 1 aliphatic carbocycles. The Bertz CT molecular complexity index is 611. The molecule has 0 radical (unpaired) electrons. The molecule has 0 bridgehead atoms. The van der Waals surface area contributed by atoms with Crippen LogP contribution < -0.4 is 10.0 Å². The Morgan fingerprint density at radius 2 is 1.78 bits per heavy atom. The Kier molecular flexibility index (Phi) is 6.87. The number of rotatable bonds is 7. The van der Waals surface area contributed by atoms with Gasteiger partial charge in [-0.3, -0.25) is 4.79 Å². The summed E-state index contributed by atoms with van der Waals surface area (Å²) in [5.41, 5.74) is 0.584. The normalized spacial score (nSPS) is 16.2. The van der Waals surface area contributed by atoms with Crippen molar-refractivity contribution >= 4 is 33.2 Å². The van der Waals surface area contributed by atoms with Crippen LogP contribution in [0.25, 0.3) is 0 Å². The number of sulfonamides is 1. The predicted molar refractivity (Wildman–Crippen MR) is 92.2 cm³/mol. The molecule has 5 nitrogen and oxygen atoms in total. The molecule has 1 aromatic rings. The number of nitrogens with one attached hydrogen (secondary N) is 2. The number of carbonyl (C=O) groups is 1. The molecule has 0 atom stereocenters. The molecule has 1 fully saturated rings. The van der Waals surface area contributed by atoms with Gasteiger partial charge in [-0.2, -0.15) is 0 Å². The lowest BCUT2D eigenvalue weighted by atomic mass is 9.96. The molecule has 7 heteroatoms. The number of anilines is 1. The zero-order valence-electron chi connectivity index (χ0n) is 13.1. The van der Waals surface area contributed by atoms with E-state index in [1.165, 1.54) is 18.6 Å². The molecular formula is C16H23ClN2O3S. The van der Waals surface area contributed by atoms with Gasteiger partial charge in [0.05, 0.1) is 4.90 Å². The minimum Gasteiger partial charge on any atom is -0.326 e. The molecule has 0 aromatic heterocycles. The van der Waals surface area contributed by atoms with Gasteiger partial charge in [-0.05, 0) is 43.5 Å². The second-order valence-electron chi connectivity index (χ2n) is 5.82. The maximum absolute atomic E-state index is 12.4. The molecule has 0 spiro atoms. The van der Waals surface area contributed by atoms with E-state index in [1.807, 2.05) is 0 Å². The Hall–Kier alpha value is -1.11. The molecule has 2 N–H and O–H groups in total. The van der Waals surface area contributed by atoms with Crippen LogP contribution in [-0.4, -0.2) is 26.2 Å². The lowest BCUT2D eigenvalue weighted by Gasteiger charge is -2.22. The Labute approximate surface area is 142 Å². The summed E-state index contributed by atoms with van der Waals surface area (Å²) in [4.78, 5) is 11.8. The van der Waals surface area contributed by atoms with E-state index in [-0.39, 0.29) is 16.8 Å². The van der Waals surface area contributed by atoms with E-state index in [2.05, 4.69) is 10.0 Å². The highest BCUT2D eigenvalue weighted by Gasteiger charge is 2.21. The van der Waals surface area contributed by atoms with Crippen molar-refractivity contribution in [2.24, 2.45) is 0 Å². The van der Waals surface area contributed by atoms with Crippen molar-refractivity contribution in [3.05, 3.63) is 24.3 Å². The van der Waals surface area contributed by atoms with Crippen LogP contribution >= 0.6 is 11.6 Å². The van der Waals surface area contributed by atoms with Crippen molar-refractivity contribution in [1.29, 1.82) is 0 Å². The summed E-state index contributed by atoms with van der Waals surface area (Å²) in [6.45, 7) is 0. The van der Waals surface area contributed by atoms with E-state index in [0.29, 0.717) is 24.4 Å². The highest BCUT2D eigenvalue weighted by molar-refractivity contribution is 7.89. The summed E-state index contributed by atoms with van der Waals surface area (Å²) in [5, 5.41) is 2.72. The van der Waals surface area contributed by atoms with Crippen molar-refractivity contribution < 1.29 is 13.2 Å². The summed E-state index contributed by atoms with van der Waals surface area (Å²) in [6.07, 6.45) is 6.08. The number of amides is 1. The molecule has 0 saturated heterocycles. The topological polar surface area (TPSA) is 75.3 Å². The molecule has 0 aliphatic heterocycles. The quantitative estimate of drug-likeness (QED) is 0.734. The van der Waals surface area contributed by atoms with E-state index in [0.717, 1.165) is 25.7 Å². The van der Waals surface area contributed by atoms with Crippen molar-refractivity contribution in [2.45, 2.75) is 55.9 Å². The maximum Gasteiger partial charge on any atom is 0.240 e. The smallest absolute Gasteiger partial charge is 0.240 e. The zero-order valence-corrected chi connectivity index (χ0v) is 14.6. The molecule has 1 amide bonds. The monoisotopic (exact) mass is 358 g/mol. The summed E-state index contributed by atoms with van der Waals surface area (Å²) < 4.78 is 27.5. The summed E-state index contributed by atoms with van der Waals surface area (Å²) in [7, 11) is -3.50. The van der Waals surface area contributed by atoms with E-state index in [1.54, 1.807) is 12.1 Å². The molecule has 2 rings (SSSR count). The van der Waals surface area contributed by atoms with Gasteiger partial charge in [-0.25, -0.2) is 13.1 Å². The minimum atomic E-state index is -3.50. The van der Waals surface area contributed by atoms with Crippen LogP contribution in [0.4, 0.5) is 5.69 Å². The molecule has 1 aliphatic rings. The number of alkyl halides is 1. The van der Waals surface area contributed by atoms with Gasteiger partial charge in [0, 0.05) is 24.0 Å². The van der Waals surface area contributed by atoms with Gasteiger partial charge in [0.25, 0.3) is 0 Å². The average Bonchev–Trinajstić information content (AvgIpc) is 2.54. The summed E-state index contributed by atoms with van der Waals surface area (Å²) in [5.74, 6) is 0.318. The van der Waals surface area contributed by atoms with Crippen LogP contribution in [-0.2, 0) is 14.8 Å². The van der Waals surface area contributed by atoms with Gasteiger partial charge in [0.2, 0.25) is 15.9 Å². The Balaban J connectivity index is 1.96. The van der Waals surface area contributed by atoms with Gasteiger partial charge in [0.1, 0.15) is 0 Å². The maximum atomic E-state index is 12.4. The SMILES string of the molecule is O=C(CCCCl)Nc1ccc(S(=O)(=O)NC2CCCCC2)cc1. The van der Waals surface area contributed by atoms with E-state index in [9.17, 15) is 13.2 Å². The predicted octanol–water partition coefficient (Wildman–Crippen LogP) is 3.26. The summed E-state index contributed by atoms with van der Waals surface area (Å²) in [6, 6.07) is 6.27. The largest absolute Gasteiger partial charge is 0.326 e. The van der Waals surface area contributed by atoms with Gasteiger partial charge in [-0.15, -0.1) is 11.6 Å². The van der Waals surface area contributed by atoms with Gasteiger partial charge in [-0.1, -0.05) is 19.3 Å². The second kappa shape index (κ2) is 8.66. The third-order valence-electron chi connectivity index (χ3n) is 3.91. The first-order chi connectivity index (χ1) is 11.0. The fourth-order valence-electron chi connectivity index (χ4n) is 2.68. The van der Waals surface area contributed by atoms with E-state index in [4.69, 9.17) is 11.6 Å². The van der Waals surface area contributed by atoms with Crippen molar-refractivity contribution in [3.63, 3.8) is 0 Å². The summed E-state index contributed by atoms with van der Waals surface area (Å²) >= 11 is 5.55. The lowest BCUT2D eigenvalue weighted by molar-refractivity contribution is -0.116. The fraction of sp³-hybridized carbons (Fsp3) is 0.562. The van der Waals surface area contributed by atoms with Crippen LogP contribution in [0.1, 0.15) is 44.9 Å². The molecule has 1 saturated carbocycles.